The van der Waals surface area contributed by atoms with Crippen LogP contribution in [0.3, 0.4) is 0 Å². The molecule has 0 aliphatic heterocycles. The number of esters is 1. The quantitative estimate of drug-likeness (QED) is 0.387. The lowest BCUT2D eigenvalue weighted by molar-refractivity contribution is -0.0436. The Bertz CT molecular complexity index is 1370. The number of halogens is 5. The monoisotopic (exact) mass is 522 g/mol. The fourth-order valence-electron chi connectivity index (χ4n) is 3.15. The van der Waals surface area contributed by atoms with Crippen molar-refractivity contribution in [3.63, 3.8) is 0 Å². The van der Waals surface area contributed by atoms with E-state index in [4.69, 9.17) is 10.5 Å². The molecule has 1 aromatic heterocycles. The second kappa shape index (κ2) is 10.1. The fourth-order valence-corrected chi connectivity index (χ4v) is 3.94. The highest BCUT2D eigenvalue weighted by molar-refractivity contribution is 7.92. The highest BCUT2D eigenvalue weighted by atomic mass is 35.5. The third-order valence-corrected chi connectivity index (χ3v) is 6.28. The van der Waals surface area contributed by atoms with Gasteiger partial charge in [-0.1, -0.05) is 11.3 Å². The number of carbonyl (C=O) groups is 1. The van der Waals surface area contributed by atoms with E-state index >= 15 is 0 Å². The zero-order valence-corrected chi connectivity index (χ0v) is 19.4. The third kappa shape index (κ3) is 5.05. The minimum Gasteiger partial charge on any atom is -0.465 e. The van der Waals surface area contributed by atoms with Crippen LogP contribution in [0.1, 0.15) is 15.9 Å². The van der Waals surface area contributed by atoms with E-state index in [0.717, 1.165) is 30.0 Å². The molecule has 8 nitrogen and oxygen atoms in total. The van der Waals surface area contributed by atoms with Gasteiger partial charge in [-0.15, -0.1) is 17.5 Å². The molecule has 184 valence electrons. The first-order valence-corrected chi connectivity index (χ1v) is 10.8. The van der Waals surface area contributed by atoms with E-state index in [1.807, 2.05) is 0 Å². The van der Waals surface area contributed by atoms with Gasteiger partial charge in [0.05, 0.1) is 29.6 Å². The largest absolute Gasteiger partial charge is 0.501 e. The summed E-state index contributed by atoms with van der Waals surface area (Å²) in [6.07, 6.45) is 1.12. The molecule has 2 N–H and O–H groups in total. The number of carbonyl (C=O) groups excluding carboxylic acids is 1. The minimum absolute atomic E-state index is 0. The number of hydrogen-bond acceptors (Lipinski definition) is 7. The molecule has 0 fully saturated rings. The predicted molar refractivity (Wildman–Crippen MR) is 118 cm³/mol. The van der Waals surface area contributed by atoms with Crippen LogP contribution in [-0.4, -0.2) is 48.5 Å². The first kappa shape index (κ1) is 27.2. The number of sulfone groups is 1. The van der Waals surface area contributed by atoms with Crippen LogP contribution < -0.4 is 5.73 Å². The Hall–Kier alpha value is -3.03. The molecule has 1 heterocycles. The number of hydrogen-bond donors (Lipinski definition) is 1. The van der Waals surface area contributed by atoms with Crippen molar-refractivity contribution in [1.82, 2.24) is 15.0 Å². The number of aryl methyl sites for hydroxylation is 1. The van der Waals surface area contributed by atoms with E-state index in [-0.39, 0.29) is 53.2 Å². The molecule has 0 spiro atoms. The number of benzene rings is 2. The van der Waals surface area contributed by atoms with Gasteiger partial charge in [0.1, 0.15) is 11.3 Å². The minimum atomic E-state index is -5.63. The van der Waals surface area contributed by atoms with Crippen molar-refractivity contribution in [2.24, 2.45) is 5.73 Å². The van der Waals surface area contributed by atoms with Crippen LogP contribution in [0, 0.1) is 6.92 Å². The van der Waals surface area contributed by atoms with Crippen molar-refractivity contribution < 1.29 is 35.5 Å². The molecule has 3 aromatic rings. The zero-order chi connectivity index (χ0) is 24.6. The van der Waals surface area contributed by atoms with Crippen molar-refractivity contribution in [3.8, 4) is 11.1 Å². The summed E-state index contributed by atoms with van der Waals surface area (Å²) in [6, 6.07) is 5.53. The Balaban J connectivity index is 0.00000408. The summed E-state index contributed by atoms with van der Waals surface area (Å²) in [5.74, 6) is -1.40. The first-order valence-electron chi connectivity index (χ1n) is 9.33. The first-order chi connectivity index (χ1) is 15.4. The number of fused-ring (bicyclic) bond motifs is 1. The Morgan fingerprint density at radius 3 is 2.47 bits per heavy atom. The van der Waals surface area contributed by atoms with Gasteiger partial charge in [0, 0.05) is 12.1 Å². The lowest BCUT2D eigenvalue weighted by atomic mass is 9.97. The van der Waals surface area contributed by atoms with Crippen LogP contribution in [0.4, 0.5) is 17.6 Å². The van der Waals surface area contributed by atoms with E-state index < -0.39 is 32.0 Å². The molecular formula is C20H19ClF4N4O4S. The summed E-state index contributed by atoms with van der Waals surface area (Å²) in [6.45, 7) is 1.13. The topological polar surface area (TPSA) is 117 Å². The van der Waals surface area contributed by atoms with E-state index in [2.05, 4.69) is 10.3 Å². The smallest absolute Gasteiger partial charge is 0.465 e. The van der Waals surface area contributed by atoms with Crippen LogP contribution in [0.25, 0.3) is 22.2 Å². The summed E-state index contributed by atoms with van der Waals surface area (Å²) in [4.78, 5) is 11.2. The highest BCUT2D eigenvalue weighted by Gasteiger charge is 2.47. The lowest BCUT2D eigenvalue weighted by Crippen LogP contribution is -2.23. The van der Waals surface area contributed by atoms with Gasteiger partial charge >= 0.3 is 11.5 Å². The molecule has 3 rings (SSSR count). The van der Waals surface area contributed by atoms with Gasteiger partial charge in [-0.2, -0.15) is 13.2 Å². The number of rotatable bonds is 6. The van der Waals surface area contributed by atoms with Crippen molar-refractivity contribution >= 4 is 39.2 Å². The summed E-state index contributed by atoms with van der Waals surface area (Å²) in [5, 5.41) is 7.84. The number of methoxy groups -OCH3 is 1. The second-order valence-electron chi connectivity index (χ2n) is 6.94. The molecule has 0 aliphatic rings. The standard InChI is InChI=1S/C20H18F4N4O4S.ClH/c1-11-3-4-14(33(30,31)20(22,23)24)9-15(11)16-7-12(19(29)32-2)8-17-18(16)26-27-28(17)10-13(21)5-6-25;/h3-5,7-9H,6,10,25H2,1-2H3;1H/b13-5-;. The number of ether oxygens (including phenoxy) is 1. The number of allylic oxidation sites excluding steroid dienone is 1. The van der Waals surface area contributed by atoms with Crippen LogP contribution in [-0.2, 0) is 21.1 Å². The number of nitrogens with zero attached hydrogens (tertiary/aromatic N) is 3. The normalized spacial score (nSPS) is 12.5. The van der Waals surface area contributed by atoms with Crippen molar-refractivity contribution in [3.05, 3.63) is 53.4 Å². The molecule has 0 unspecified atom stereocenters. The molecule has 0 radical (unpaired) electrons. The Morgan fingerprint density at radius 2 is 1.88 bits per heavy atom. The van der Waals surface area contributed by atoms with Gasteiger partial charge in [-0.05, 0) is 48.4 Å². The molecule has 0 saturated heterocycles. The van der Waals surface area contributed by atoms with Crippen molar-refractivity contribution in [1.29, 1.82) is 0 Å². The summed E-state index contributed by atoms with van der Waals surface area (Å²) < 4.78 is 83.0. The Kier molecular flexibility index (Phi) is 8.06. The fraction of sp³-hybridized carbons (Fsp3) is 0.250. The summed E-state index contributed by atoms with van der Waals surface area (Å²) in [5.41, 5.74) is 0.674. The molecule has 34 heavy (non-hydrogen) atoms. The van der Waals surface area contributed by atoms with Gasteiger partial charge in [-0.25, -0.2) is 22.3 Å². The van der Waals surface area contributed by atoms with Crippen LogP contribution >= 0.6 is 12.4 Å². The van der Waals surface area contributed by atoms with E-state index in [1.54, 1.807) is 6.92 Å². The summed E-state index contributed by atoms with van der Waals surface area (Å²) >= 11 is 0. The van der Waals surface area contributed by atoms with Crippen LogP contribution in [0.2, 0.25) is 0 Å². The van der Waals surface area contributed by atoms with Gasteiger partial charge in [0.25, 0.3) is 9.84 Å². The van der Waals surface area contributed by atoms with Crippen molar-refractivity contribution in [2.75, 3.05) is 13.7 Å². The van der Waals surface area contributed by atoms with Gasteiger partial charge in [-0.3, -0.25) is 0 Å². The van der Waals surface area contributed by atoms with E-state index in [9.17, 15) is 30.8 Å². The van der Waals surface area contributed by atoms with Gasteiger partial charge in [0.2, 0.25) is 0 Å². The molecule has 2 aromatic carbocycles. The number of aromatic nitrogens is 3. The zero-order valence-electron chi connectivity index (χ0n) is 17.8. The average molecular weight is 523 g/mol. The molecular weight excluding hydrogens is 504 g/mol. The van der Waals surface area contributed by atoms with Gasteiger partial charge in [0.15, 0.2) is 0 Å². The molecule has 14 heteroatoms. The third-order valence-electron chi connectivity index (χ3n) is 4.80. The maximum atomic E-state index is 14.0. The second-order valence-corrected chi connectivity index (χ2v) is 8.88. The summed E-state index contributed by atoms with van der Waals surface area (Å²) in [7, 11) is -4.49. The molecule has 0 atom stereocenters. The van der Waals surface area contributed by atoms with E-state index in [1.165, 1.54) is 18.2 Å². The number of nitrogens with two attached hydrogens (primary N) is 1. The molecule has 0 saturated carbocycles. The molecule has 0 bridgehead atoms. The van der Waals surface area contributed by atoms with Gasteiger partial charge < -0.3 is 10.5 Å². The molecule has 0 aliphatic carbocycles. The maximum absolute atomic E-state index is 14.0. The van der Waals surface area contributed by atoms with Crippen LogP contribution in [0.15, 0.2) is 47.1 Å². The number of alkyl halides is 3. The maximum Gasteiger partial charge on any atom is 0.501 e. The lowest BCUT2D eigenvalue weighted by Gasteiger charge is -2.13. The average Bonchev–Trinajstić information content (AvgIpc) is 3.14. The van der Waals surface area contributed by atoms with Crippen molar-refractivity contribution in [2.45, 2.75) is 23.9 Å². The predicted octanol–water partition coefficient (Wildman–Crippen LogP) is 3.72. The van der Waals surface area contributed by atoms with E-state index in [0.29, 0.717) is 5.56 Å². The SMILES string of the molecule is COC(=O)c1cc(-c2cc(S(=O)(=O)C(F)(F)F)ccc2C)c2nnn(C/C(F)=C/CN)c2c1.Cl. The Morgan fingerprint density at radius 1 is 1.21 bits per heavy atom. The highest BCUT2D eigenvalue weighted by Crippen LogP contribution is 2.36. The molecule has 0 amide bonds. The van der Waals surface area contributed by atoms with Crippen LogP contribution in [0.5, 0.6) is 0 Å². The Labute approximate surface area is 197 Å².